The zero-order chi connectivity index (χ0) is 9.35. The highest BCUT2D eigenvalue weighted by atomic mass is 32.2. The Morgan fingerprint density at radius 1 is 1.67 bits per heavy atom. The average molecular weight is 190 g/mol. The van der Waals surface area contributed by atoms with Gasteiger partial charge in [-0.15, -0.1) is 0 Å². The molecular weight excluding hydrogens is 180 g/mol. The predicted molar refractivity (Wildman–Crippen MR) is 42.2 cm³/mol. The van der Waals surface area contributed by atoms with E-state index >= 15 is 0 Å². The highest BCUT2D eigenvalue weighted by Crippen LogP contribution is 2.14. The van der Waals surface area contributed by atoms with Crippen LogP contribution >= 0.6 is 0 Å². The van der Waals surface area contributed by atoms with Gasteiger partial charge in [-0.25, -0.2) is 13.4 Å². The monoisotopic (exact) mass is 190 g/mol. The van der Waals surface area contributed by atoms with Crippen LogP contribution in [0.1, 0.15) is 18.7 Å². The van der Waals surface area contributed by atoms with Gasteiger partial charge in [0.1, 0.15) is 5.76 Å². The van der Waals surface area contributed by atoms with E-state index in [-0.39, 0.29) is 11.3 Å². The van der Waals surface area contributed by atoms with Crippen molar-refractivity contribution in [2.75, 3.05) is 6.26 Å². The van der Waals surface area contributed by atoms with Crippen molar-refractivity contribution in [2.45, 2.75) is 18.2 Å². The van der Waals surface area contributed by atoms with Gasteiger partial charge in [0.15, 0.2) is 0 Å². The van der Waals surface area contributed by atoms with Crippen LogP contribution in [0.3, 0.4) is 0 Å². The van der Waals surface area contributed by atoms with Crippen molar-refractivity contribution >= 4 is 9.84 Å². The van der Waals surface area contributed by atoms with E-state index in [9.17, 15) is 8.42 Å². The Balaban J connectivity index is 3.09. The fourth-order valence-electron chi connectivity index (χ4n) is 0.652. The van der Waals surface area contributed by atoms with Crippen LogP contribution in [-0.4, -0.2) is 19.7 Å². The molecule has 0 aliphatic heterocycles. The summed E-state index contributed by atoms with van der Waals surface area (Å²) in [6, 6.07) is -0.340. The number of sulfone groups is 1. The van der Waals surface area contributed by atoms with Gasteiger partial charge in [-0.05, 0) is 6.92 Å². The third-order valence-corrected chi connectivity index (χ3v) is 2.09. The van der Waals surface area contributed by atoms with E-state index in [1.807, 2.05) is 0 Å². The molecule has 0 bridgehead atoms. The number of rotatable bonds is 2. The van der Waals surface area contributed by atoms with Crippen molar-refractivity contribution in [1.29, 1.82) is 0 Å². The number of hydrogen-bond donors (Lipinski definition) is 1. The lowest BCUT2D eigenvalue weighted by Crippen LogP contribution is -2.03. The van der Waals surface area contributed by atoms with Crippen molar-refractivity contribution in [1.82, 2.24) is 4.98 Å². The quantitative estimate of drug-likeness (QED) is 0.714. The highest BCUT2D eigenvalue weighted by molar-refractivity contribution is 7.90. The Labute approximate surface area is 70.5 Å². The Morgan fingerprint density at radius 2 is 2.25 bits per heavy atom. The second-order valence-corrected chi connectivity index (χ2v) is 4.48. The normalized spacial score (nSPS) is 14.6. The molecule has 0 amide bonds. The van der Waals surface area contributed by atoms with Crippen LogP contribution in [0, 0.1) is 0 Å². The topological polar surface area (TPSA) is 86.2 Å². The van der Waals surface area contributed by atoms with E-state index in [2.05, 4.69) is 4.98 Å². The Hall–Kier alpha value is -0.880. The molecule has 5 nitrogen and oxygen atoms in total. The van der Waals surface area contributed by atoms with E-state index in [1.54, 1.807) is 6.92 Å². The third kappa shape index (κ3) is 1.83. The molecule has 0 aliphatic carbocycles. The number of hydrogen-bond acceptors (Lipinski definition) is 5. The molecule has 0 unspecified atom stereocenters. The standard InChI is InChI=1S/C6H10N2O3S/c1-4(7)5-3-8-6(11-5)12(2,9)10/h3-4H,7H2,1-2H3/t4-/m0/s1. The van der Waals surface area contributed by atoms with Gasteiger partial charge in [0.05, 0.1) is 12.2 Å². The van der Waals surface area contributed by atoms with Crippen molar-refractivity contribution in [3.63, 3.8) is 0 Å². The molecule has 1 rings (SSSR count). The number of aromatic nitrogens is 1. The first-order valence-corrected chi connectivity index (χ1v) is 5.22. The summed E-state index contributed by atoms with van der Waals surface area (Å²) in [6.45, 7) is 1.69. The fourth-order valence-corrected chi connectivity index (χ4v) is 1.14. The summed E-state index contributed by atoms with van der Waals surface area (Å²) < 4.78 is 26.6. The van der Waals surface area contributed by atoms with E-state index < -0.39 is 9.84 Å². The molecule has 2 N–H and O–H groups in total. The lowest BCUT2D eigenvalue weighted by Gasteiger charge is -1.96. The Bertz CT molecular complexity index is 366. The van der Waals surface area contributed by atoms with Crippen molar-refractivity contribution in [3.8, 4) is 0 Å². The molecule has 0 spiro atoms. The summed E-state index contributed by atoms with van der Waals surface area (Å²) in [6.07, 6.45) is 2.35. The van der Waals surface area contributed by atoms with Crippen LogP contribution in [0.4, 0.5) is 0 Å². The van der Waals surface area contributed by atoms with Gasteiger partial charge >= 0.3 is 5.22 Å². The number of oxazole rings is 1. The molecule has 0 aliphatic rings. The maximum absolute atomic E-state index is 10.9. The molecule has 0 saturated carbocycles. The van der Waals surface area contributed by atoms with Gasteiger partial charge in [0.2, 0.25) is 9.84 Å². The molecule has 0 fully saturated rings. The zero-order valence-corrected chi connectivity index (χ0v) is 7.63. The minimum atomic E-state index is -3.35. The molecule has 0 aromatic carbocycles. The van der Waals surface area contributed by atoms with E-state index in [0.29, 0.717) is 5.76 Å². The zero-order valence-electron chi connectivity index (χ0n) is 6.81. The number of nitrogens with two attached hydrogens (primary N) is 1. The summed E-state index contributed by atoms with van der Waals surface area (Å²) in [5.74, 6) is 0.371. The summed E-state index contributed by atoms with van der Waals surface area (Å²) in [4.78, 5) is 3.57. The first-order chi connectivity index (χ1) is 5.41. The minimum absolute atomic E-state index is 0.283. The molecule has 1 atom stereocenters. The third-order valence-electron chi connectivity index (χ3n) is 1.27. The molecule has 1 aromatic heterocycles. The molecule has 68 valence electrons. The van der Waals surface area contributed by atoms with Gasteiger partial charge in [-0.1, -0.05) is 0 Å². The van der Waals surface area contributed by atoms with Crippen LogP contribution in [0.2, 0.25) is 0 Å². The smallest absolute Gasteiger partial charge is 0.314 e. The first-order valence-electron chi connectivity index (χ1n) is 3.32. The van der Waals surface area contributed by atoms with Gasteiger partial charge < -0.3 is 10.2 Å². The van der Waals surface area contributed by atoms with Crippen molar-refractivity contribution in [3.05, 3.63) is 12.0 Å². The largest absolute Gasteiger partial charge is 0.431 e. The second-order valence-electron chi connectivity index (χ2n) is 2.59. The lowest BCUT2D eigenvalue weighted by molar-refractivity contribution is 0.385. The SMILES string of the molecule is C[C@H](N)c1cnc(S(C)(=O)=O)o1. The van der Waals surface area contributed by atoms with Gasteiger partial charge in [0, 0.05) is 6.26 Å². The van der Waals surface area contributed by atoms with E-state index in [4.69, 9.17) is 10.2 Å². The Kier molecular flexibility index (Phi) is 2.20. The van der Waals surface area contributed by atoms with Gasteiger partial charge in [-0.2, -0.15) is 0 Å². The van der Waals surface area contributed by atoms with E-state index in [1.165, 1.54) is 6.20 Å². The molecule has 0 saturated heterocycles. The summed E-state index contributed by atoms with van der Waals surface area (Å²) in [7, 11) is -3.35. The lowest BCUT2D eigenvalue weighted by atomic mass is 10.3. The molecular formula is C6H10N2O3S. The van der Waals surface area contributed by atoms with Crippen LogP contribution in [0.25, 0.3) is 0 Å². The van der Waals surface area contributed by atoms with Gasteiger partial charge in [0.25, 0.3) is 0 Å². The fraction of sp³-hybridized carbons (Fsp3) is 0.500. The summed E-state index contributed by atoms with van der Waals surface area (Å²) >= 11 is 0. The van der Waals surface area contributed by atoms with Crippen LogP contribution in [-0.2, 0) is 9.84 Å². The molecule has 6 heteroatoms. The van der Waals surface area contributed by atoms with Crippen LogP contribution in [0.15, 0.2) is 15.8 Å². The summed E-state index contributed by atoms with van der Waals surface area (Å²) in [5.41, 5.74) is 5.44. The van der Waals surface area contributed by atoms with Crippen LogP contribution < -0.4 is 5.73 Å². The van der Waals surface area contributed by atoms with Gasteiger partial charge in [-0.3, -0.25) is 0 Å². The predicted octanol–water partition coefficient (Wildman–Crippen LogP) is 0.0978. The van der Waals surface area contributed by atoms with Crippen molar-refractivity contribution < 1.29 is 12.8 Å². The minimum Gasteiger partial charge on any atom is -0.431 e. The van der Waals surface area contributed by atoms with Crippen molar-refractivity contribution in [2.24, 2.45) is 5.73 Å². The highest BCUT2D eigenvalue weighted by Gasteiger charge is 2.15. The molecule has 1 heterocycles. The van der Waals surface area contributed by atoms with E-state index in [0.717, 1.165) is 6.26 Å². The Morgan fingerprint density at radius 3 is 2.50 bits per heavy atom. The number of nitrogens with zero attached hydrogens (tertiary/aromatic N) is 1. The second kappa shape index (κ2) is 2.87. The maximum Gasteiger partial charge on any atom is 0.314 e. The molecule has 1 aromatic rings. The average Bonchev–Trinajstić information content (AvgIpc) is 2.30. The maximum atomic E-state index is 10.9. The first kappa shape index (κ1) is 9.21. The molecule has 0 radical (unpaired) electrons. The van der Waals surface area contributed by atoms with Crippen LogP contribution in [0.5, 0.6) is 0 Å². The molecule has 12 heavy (non-hydrogen) atoms. The summed E-state index contributed by atoms with van der Waals surface area (Å²) in [5, 5.41) is -0.283.